The zero-order valence-corrected chi connectivity index (χ0v) is 14.1. The Morgan fingerprint density at radius 1 is 1.07 bits per heavy atom. The number of amides is 1. The smallest absolute Gasteiger partial charge is 0.406 e. The molecule has 2 bridgehead atoms. The van der Waals surface area contributed by atoms with Crippen LogP contribution in [-0.4, -0.2) is 29.5 Å². The monoisotopic (exact) mass is 378 g/mol. The highest BCUT2D eigenvalue weighted by Gasteiger charge is 2.52. The van der Waals surface area contributed by atoms with Gasteiger partial charge in [0.2, 0.25) is 5.91 Å². The summed E-state index contributed by atoms with van der Waals surface area (Å²) in [7, 11) is 0. The fourth-order valence-corrected chi connectivity index (χ4v) is 3.99. The van der Waals surface area contributed by atoms with E-state index in [1.165, 1.54) is 24.3 Å². The number of carbonyl (C=O) groups excluding carboxylic acids is 1. The molecule has 0 radical (unpaired) electrons. The second-order valence-corrected chi connectivity index (χ2v) is 6.68. The molecule has 1 N–H and O–H groups in total. The molecule has 1 aromatic heterocycles. The molecule has 0 unspecified atom stereocenters. The van der Waals surface area contributed by atoms with Gasteiger partial charge in [-0.05, 0) is 54.8 Å². The summed E-state index contributed by atoms with van der Waals surface area (Å²) in [6.07, 6.45) is 0.207. The lowest BCUT2D eigenvalue weighted by Crippen LogP contribution is -2.36. The van der Waals surface area contributed by atoms with Gasteiger partial charge in [0.1, 0.15) is 5.75 Å². The Hall–Kier alpha value is -2.61. The first kappa shape index (κ1) is 17.8. The number of anilines is 1. The Labute approximate surface area is 153 Å². The highest BCUT2D eigenvalue weighted by Crippen LogP contribution is 2.49. The largest absolute Gasteiger partial charge is 0.573 e. The molecule has 4 atom stereocenters. The van der Waals surface area contributed by atoms with Gasteiger partial charge in [-0.3, -0.25) is 9.78 Å². The minimum Gasteiger partial charge on any atom is -0.406 e. The number of nitrogens with zero attached hydrogens (tertiary/aromatic N) is 1. The third-order valence-electron chi connectivity index (χ3n) is 5.02. The number of fused-ring (bicyclic) bond motifs is 2. The van der Waals surface area contributed by atoms with Gasteiger partial charge in [0, 0.05) is 24.0 Å². The number of benzene rings is 1. The number of alkyl halides is 3. The molecule has 0 saturated carbocycles. The number of ether oxygens (including phenoxy) is 2. The molecule has 5 nitrogen and oxygen atoms in total. The van der Waals surface area contributed by atoms with E-state index in [9.17, 15) is 18.0 Å². The minimum atomic E-state index is -4.75. The Morgan fingerprint density at radius 3 is 2.41 bits per heavy atom. The summed E-state index contributed by atoms with van der Waals surface area (Å²) in [5.41, 5.74) is 1.41. The first-order valence-electron chi connectivity index (χ1n) is 8.63. The van der Waals surface area contributed by atoms with Crippen molar-refractivity contribution in [3.8, 4) is 5.75 Å². The Balaban J connectivity index is 1.49. The van der Waals surface area contributed by atoms with Crippen molar-refractivity contribution in [2.24, 2.45) is 5.92 Å². The summed E-state index contributed by atoms with van der Waals surface area (Å²) in [6.45, 7) is 0. The molecular formula is C19H17F3N2O3. The summed E-state index contributed by atoms with van der Waals surface area (Å²) >= 11 is 0. The van der Waals surface area contributed by atoms with Crippen LogP contribution in [-0.2, 0) is 9.53 Å². The van der Waals surface area contributed by atoms with Crippen molar-refractivity contribution in [2.75, 3.05) is 5.32 Å². The van der Waals surface area contributed by atoms with Crippen LogP contribution in [0.15, 0.2) is 48.8 Å². The van der Waals surface area contributed by atoms with Crippen molar-refractivity contribution >= 4 is 11.6 Å². The zero-order valence-electron chi connectivity index (χ0n) is 14.1. The number of hydrogen-bond donors (Lipinski definition) is 1. The first-order valence-corrected chi connectivity index (χ1v) is 8.63. The third-order valence-corrected chi connectivity index (χ3v) is 5.02. The number of aromatic nitrogens is 1. The van der Waals surface area contributed by atoms with Crippen molar-refractivity contribution in [1.82, 2.24) is 4.98 Å². The zero-order chi connectivity index (χ0) is 19.0. The lowest BCUT2D eigenvalue weighted by Gasteiger charge is -2.27. The number of carbonyl (C=O) groups is 1. The van der Waals surface area contributed by atoms with Crippen molar-refractivity contribution in [2.45, 2.75) is 37.3 Å². The molecule has 1 amide bonds. The third kappa shape index (κ3) is 3.75. The van der Waals surface area contributed by atoms with E-state index in [0.717, 1.165) is 18.4 Å². The molecule has 2 aromatic rings. The van der Waals surface area contributed by atoms with Crippen LogP contribution in [0.3, 0.4) is 0 Å². The molecule has 2 aliphatic heterocycles. The van der Waals surface area contributed by atoms with E-state index in [1.54, 1.807) is 12.4 Å². The lowest BCUT2D eigenvalue weighted by atomic mass is 9.75. The van der Waals surface area contributed by atoms with Crippen molar-refractivity contribution in [3.05, 3.63) is 54.4 Å². The van der Waals surface area contributed by atoms with Crippen LogP contribution in [0.25, 0.3) is 0 Å². The van der Waals surface area contributed by atoms with Gasteiger partial charge in [0.25, 0.3) is 0 Å². The SMILES string of the molecule is O=C(Nc1ccc(OC(F)(F)F)cc1)[C@H]1[C@H](c2ccncc2)[C@@H]2CC[C@@H]1O2. The molecule has 4 rings (SSSR count). The molecular weight excluding hydrogens is 361 g/mol. The van der Waals surface area contributed by atoms with Crippen molar-refractivity contribution in [3.63, 3.8) is 0 Å². The molecule has 2 fully saturated rings. The van der Waals surface area contributed by atoms with Gasteiger partial charge in [-0.2, -0.15) is 0 Å². The average Bonchev–Trinajstić information content (AvgIpc) is 3.24. The molecule has 2 aliphatic rings. The number of nitrogens with one attached hydrogen (secondary N) is 1. The maximum atomic E-state index is 12.9. The highest BCUT2D eigenvalue weighted by molar-refractivity contribution is 5.94. The maximum absolute atomic E-state index is 12.9. The molecule has 0 aliphatic carbocycles. The van der Waals surface area contributed by atoms with Crippen LogP contribution in [0.2, 0.25) is 0 Å². The normalized spacial score (nSPS) is 26.8. The van der Waals surface area contributed by atoms with Crippen LogP contribution in [0, 0.1) is 5.92 Å². The van der Waals surface area contributed by atoms with E-state index in [2.05, 4.69) is 15.0 Å². The Bertz CT molecular complexity index is 811. The Morgan fingerprint density at radius 2 is 1.74 bits per heavy atom. The summed E-state index contributed by atoms with van der Waals surface area (Å²) < 4.78 is 46.5. The lowest BCUT2D eigenvalue weighted by molar-refractivity contribution is -0.274. The van der Waals surface area contributed by atoms with E-state index >= 15 is 0 Å². The standard InChI is InChI=1S/C19H17F3N2O3/c20-19(21,22)27-13-3-1-12(2-4-13)24-18(25)17-15-6-5-14(26-15)16(17)11-7-9-23-10-8-11/h1-4,7-10,14-17H,5-6H2,(H,24,25)/t14-,15-,16+,17+/m0/s1. The summed E-state index contributed by atoms with van der Waals surface area (Å²) in [6, 6.07) is 8.88. The van der Waals surface area contributed by atoms with Crippen LogP contribution in [0.4, 0.5) is 18.9 Å². The highest BCUT2D eigenvalue weighted by atomic mass is 19.4. The number of pyridine rings is 1. The van der Waals surface area contributed by atoms with Gasteiger partial charge in [0.05, 0.1) is 18.1 Å². The molecule has 3 heterocycles. The topological polar surface area (TPSA) is 60.5 Å². The average molecular weight is 378 g/mol. The van der Waals surface area contributed by atoms with Crippen LogP contribution in [0.5, 0.6) is 5.75 Å². The number of hydrogen-bond acceptors (Lipinski definition) is 4. The van der Waals surface area contributed by atoms with Gasteiger partial charge >= 0.3 is 6.36 Å². The maximum Gasteiger partial charge on any atom is 0.573 e. The van der Waals surface area contributed by atoms with Crippen LogP contribution < -0.4 is 10.1 Å². The predicted octanol–water partition coefficient (Wildman–Crippen LogP) is 3.88. The first-order chi connectivity index (χ1) is 12.9. The molecule has 142 valence electrons. The number of halogens is 3. The summed E-state index contributed by atoms with van der Waals surface area (Å²) in [5.74, 6) is -0.941. The van der Waals surface area contributed by atoms with E-state index in [1.807, 2.05) is 12.1 Å². The Kier molecular flexibility index (Phi) is 4.51. The minimum absolute atomic E-state index is 0.00397. The van der Waals surface area contributed by atoms with E-state index in [-0.39, 0.29) is 35.7 Å². The van der Waals surface area contributed by atoms with Crippen LogP contribution >= 0.6 is 0 Å². The fraction of sp³-hybridized carbons (Fsp3) is 0.368. The quantitative estimate of drug-likeness (QED) is 0.877. The second-order valence-electron chi connectivity index (χ2n) is 6.68. The molecule has 0 spiro atoms. The molecule has 1 aromatic carbocycles. The van der Waals surface area contributed by atoms with E-state index < -0.39 is 6.36 Å². The number of rotatable bonds is 4. The van der Waals surface area contributed by atoms with Crippen LogP contribution in [0.1, 0.15) is 24.3 Å². The van der Waals surface area contributed by atoms with E-state index in [4.69, 9.17) is 4.74 Å². The molecule has 27 heavy (non-hydrogen) atoms. The van der Waals surface area contributed by atoms with Gasteiger partial charge in [-0.1, -0.05) is 0 Å². The van der Waals surface area contributed by atoms with Gasteiger partial charge < -0.3 is 14.8 Å². The van der Waals surface area contributed by atoms with Gasteiger partial charge in [0.15, 0.2) is 0 Å². The van der Waals surface area contributed by atoms with Crippen molar-refractivity contribution in [1.29, 1.82) is 0 Å². The molecule has 8 heteroatoms. The van der Waals surface area contributed by atoms with Gasteiger partial charge in [-0.15, -0.1) is 13.2 Å². The summed E-state index contributed by atoms with van der Waals surface area (Å²) in [4.78, 5) is 16.9. The van der Waals surface area contributed by atoms with E-state index in [0.29, 0.717) is 5.69 Å². The van der Waals surface area contributed by atoms with Crippen molar-refractivity contribution < 1.29 is 27.4 Å². The fourth-order valence-electron chi connectivity index (χ4n) is 3.99. The summed E-state index contributed by atoms with van der Waals surface area (Å²) in [5, 5.41) is 2.79. The van der Waals surface area contributed by atoms with Gasteiger partial charge in [-0.25, -0.2) is 0 Å². The molecule has 2 saturated heterocycles. The predicted molar refractivity (Wildman–Crippen MR) is 90.1 cm³/mol. The second kappa shape index (κ2) is 6.84.